The molecule has 0 fully saturated rings. The number of benzene rings is 1. The van der Waals surface area contributed by atoms with Crippen molar-refractivity contribution in [3.05, 3.63) is 29.8 Å². The van der Waals surface area contributed by atoms with Crippen molar-refractivity contribution in [2.45, 2.75) is 46.9 Å². The molecule has 0 bridgehead atoms. The van der Waals surface area contributed by atoms with Gasteiger partial charge in [-0.15, -0.1) is 13.2 Å². The van der Waals surface area contributed by atoms with Crippen molar-refractivity contribution in [3.8, 4) is 5.75 Å². The molecule has 1 rings (SSSR count). The normalized spacial score (nSPS) is 12.7. The van der Waals surface area contributed by atoms with Gasteiger partial charge in [0, 0.05) is 0 Å². The van der Waals surface area contributed by atoms with E-state index in [9.17, 15) is 13.2 Å². The van der Waals surface area contributed by atoms with Crippen molar-refractivity contribution in [2.75, 3.05) is 0 Å². The van der Waals surface area contributed by atoms with Crippen LogP contribution in [0.4, 0.5) is 13.2 Å². The second kappa shape index (κ2) is 7.29. The fraction of sp³-hybridized carbons (Fsp3) is 0.571. The average Bonchev–Trinajstić information content (AvgIpc) is 2.29. The zero-order valence-corrected chi connectivity index (χ0v) is 11.5. The molecule has 1 aromatic rings. The van der Waals surface area contributed by atoms with Gasteiger partial charge in [-0.3, -0.25) is 0 Å². The molecule has 0 amide bonds. The van der Waals surface area contributed by atoms with Crippen molar-refractivity contribution >= 4 is 0 Å². The molecule has 104 valence electrons. The van der Waals surface area contributed by atoms with Gasteiger partial charge in [-0.05, 0) is 29.5 Å². The monoisotopic (exact) mass is 262 g/mol. The van der Waals surface area contributed by atoms with E-state index >= 15 is 0 Å². The standard InChI is InChI=1S/C12H15F3O.C2H6/c1-8(2)9(3)10-4-6-11(7-5-10)16-12(13,14)15;1-2/h4-9H,1-3H3;1-2H3. The van der Waals surface area contributed by atoms with E-state index in [-0.39, 0.29) is 5.75 Å². The maximum Gasteiger partial charge on any atom is 0.573 e. The van der Waals surface area contributed by atoms with Crippen LogP contribution in [0.3, 0.4) is 0 Å². The largest absolute Gasteiger partial charge is 0.573 e. The van der Waals surface area contributed by atoms with Crippen LogP contribution < -0.4 is 4.74 Å². The first-order chi connectivity index (χ1) is 8.29. The van der Waals surface area contributed by atoms with E-state index in [1.165, 1.54) is 12.1 Å². The van der Waals surface area contributed by atoms with Crippen molar-refractivity contribution in [1.29, 1.82) is 0 Å². The highest BCUT2D eigenvalue weighted by molar-refractivity contribution is 5.29. The summed E-state index contributed by atoms with van der Waals surface area (Å²) in [5.41, 5.74) is 1.02. The third-order valence-corrected chi connectivity index (χ3v) is 2.64. The molecule has 4 heteroatoms. The molecular formula is C14H21F3O. The van der Waals surface area contributed by atoms with E-state index < -0.39 is 6.36 Å². The summed E-state index contributed by atoms with van der Waals surface area (Å²) in [5.74, 6) is 0.599. The van der Waals surface area contributed by atoms with Gasteiger partial charge < -0.3 is 4.74 Å². The molecule has 0 aliphatic rings. The molecule has 0 aliphatic heterocycles. The Morgan fingerprint density at radius 1 is 0.944 bits per heavy atom. The lowest BCUT2D eigenvalue weighted by Crippen LogP contribution is -2.17. The van der Waals surface area contributed by atoms with Crippen molar-refractivity contribution in [3.63, 3.8) is 0 Å². The number of rotatable bonds is 3. The molecule has 0 heterocycles. The van der Waals surface area contributed by atoms with Gasteiger partial charge in [-0.2, -0.15) is 0 Å². The lowest BCUT2D eigenvalue weighted by Gasteiger charge is -2.16. The Morgan fingerprint density at radius 2 is 1.39 bits per heavy atom. The molecule has 1 unspecified atom stereocenters. The van der Waals surface area contributed by atoms with Gasteiger partial charge >= 0.3 is 6.36 Å². The quantitative estimate of drug-likeness (QED) is 0.711. The third kappa shape index (κ3) is 5.94. The van der Waals surface area contributed by atoms with Crippen LogP contribution in [0.15, 0.2) is 24.3 Å². The van der Waals surface area contributed by atoms with Crippen LogP contribution in [0.5, 0.6) is 5.75 Å². The first kappa shape index (κ1) is 16.8. The maximum atomic E-state index is 11.9. The zero-order chi connectivity index (χ0) is 14.3. The maximum absolute atomic E-state index is 11.9. The van der Waals surface area contributed by atoms with Crippen LogP contribution in [0.2, 0.25) is 0 Å². The summed E-state index contributed by atoms with van der Waals surface area (Å²) >= 11 is 0. The van der Waals surface area contributed by atoms with Crippen molar-refractivity contribution in [2.24, 2.45) is 5.92 Å². The Morgan fingerprint density at radius 3 is 1.72 bits per heavy atom. The fourth-order valence-corrected chi connectivity index (χ4v) is 1.36. The molecule has 0 N–H and O–H groups in total. The fourth-order valence-electron chi connectivity index (χ4n) is 1.36. The smallest absolute Gasteiger partial charge is 0.406 e. The summed E-state index contributed by atoms with van der Waals surface area (Å²) in [6, 6.07) is 6.04. The summed E-state index contributed by atoms with van der Waals surface area (Å²) in [6.07, 6.45) is -4.62. The van der Waals surface area contributed by atoms with E-state index in [1.54, 1.807) is 12.1 Å². The molecule has 1 nitrogen and oxygen atoms in total. The van der Waals surface area contributed by atoms with Gasteiger partial charge in [0.25, 0.3) is 0 Å². The van der Waals surface area contributed by atoms with Crippen molar-refractivity contribution in [1.82, 2.24) is 0 Å². The lowest BCUT2D eigenvalue weighted by molar-refractivity contribution is -0.274. The minimum absolute atomic E-state index is 0.174. The van der Waals surface area contributed by atoms with Gasteiger partial charge in [-0.25, -0.2) is 0 Å². The molecule has 18 heavy (non-hydrogen) atoms. The van der Waals surface area contributed by atoms with E-state index in [0.29, 0.717) is 11.8 Å². The molecule has 0 aliphatic carbocycles. The highest BCUT2D eigenvalue weighted by Crippen LogP contribution is 2.27. The van der Waals surface area contributed by atoms with Gasteiger partial charge in [0.2, 0.25) is 0 Å². The highest BCUT2D eigenvalue weighted by Gasteiger charge is 2.31. The van der Waals surface area contributed by atoms with Crippen LogP contribution in [0.1, 0.15) is 46.1 Å². The molecule has 1 atom stereocenters. The Kier molecular flexibility index (Phi) is 6.81. The average molecular weight is 262 g/mol. The number of hydrogen-bond acceptors (Lipinski definition) is 1. The molecule has 1 aromatic carbocycles. The number of halogens is 3. The predicted molar refractivity (Wildman–Crippen MR) is 67.7 cm³/mol. The molecule has 0 aromatic heterocycles. The molecule has 0 radical (unpaired) electrons. The van der Waals surface area contributed by atoms with Gasteiger partial charge in [0.1, 0.15) is 5.75 Å². The highest BCUT2D eigenvalue weighted by atomic mass is 19.4. The number of ether oxygens (including phenoxy) is 1. The molecular weight excluding hydrogens is 241 g/mol. The Hall–Kier alpha value is -1.19. The topological polar surface area (TPSA) is 9.23 Å². The van der Waals surface area contributed by atoms with Gasteiger partial charge in [0.05, 0.1) is 0 Å². The van der Waals surface area contributed by atoms with Gasteiger partial charge in [-0.1, -0.05) is 46.8 Å². The third-order valence-electron chi connectivity index (χ3n) is 2.64. The minimum Gasteiger partial charge on any atom is -0.406 e. The SMILES string of the molecule is CC.CC(C)C(C)c1ccc(OC(F)(F)F)cc1. The minimum atomic E-state index is -4.62. The van der Waals surface area contributed by atoms with E-state index in [1.807, 2.05) is 20.8 Å². The summed E-state index contributed by atoms with van der Waals surface area (Å²) in [4.78, 5) is 0. The predicted octanol–water partition coefficient (Wildman–Crippen LogP) is 5.37. The van der Waals surface area contributed by atoms with E-state index in [2.05, 4.69) is 18.6 Å². The zero-order valence-electron chi connectivity index (χ0n) is 11.5. The Labute approximate surface area is 107 Å². The molecule has 0 saturated heterocycles. The van der Waals surface area contributed by atoms with Crippen LogP contribution in [0, 0.1) is 5.92 Å². The van der Waals surface area contributed by atoms with E-state index in [0.717, 1.165) is 5.56 Å². The van der Waals surface area contributed by atoms with Crippen LogP contribution in [0.25, 0.3) is 0 Å². The summed E-state index contributed by atoms with van der Waals surface area (Å²) in [5, 5.41) is 0. The van der Waals surface area contributed by atoms with Crippen molar-refractivity contribution < 1.29 is 17.9 Å². The van der Waals surface area contributed by atoms with Crippen LogP contribution in [-0.4, -0.2) is 6.36 Å². The second-order valence-electron chi connectivity index (χ2n) is 4.15. The van der Waals surface area contributed by atoms with Crippen LogP contribution in [-0.2, 0) is 0 Å². The summed E-state index contributed by atoms with van der Waals surface area (Å²) in [6.45, 7) is 10.2. The second-order valence-corrected chi connectivity index (χ2v) is 4.15. The summed E-state index contributed by atoms with van der Waals surface area (Å²) < 4.78 is 39.5. The molecule has 0 saturated carbocycles. The van der Waals surface area contributed by atoms with E-state index in [4.69, 9.17) is 0 Å². The molecule has 0 spiro atoms. The number of alkyl halides is 3. The van der Waals surface area contributed by atoms with Crippen LogP contribution >= 0.6 is 0 Å². The lowest BCUT2D eigenvalue weighted by atomic mass is 9.90. The van der Waals surface area contributed by atoms with Gasteiger partial charge in [0.15, 0.2) is 0 Å². The summed E-state index contributed by atoms with van der Waals surface area (Å²) in [7, 11) is 0. The Balaban J connectivity index is 0.00000137. The first-order valence-corrected chi connectivity index (χ1v) is 6.15. The number of hydrogen-bond donors (Lipinski definition) is 0. The first-order valence-electron chi connectivity index (χ1n) is 6.15. The Bertz CT molecular complexity index is 328.